The number of carbonyl (C=O) groups is 1. The van der Waals surface area contributed by atoms with Crippen LogP contribution in [0.2, 0.25) is 0 Å². The Kier molecular flexibility index (Phi) is 3.22. The van der Waals surface area contributed by atoms with E-state index in [1.165, 1.54) is 0 Å². The third kappa shape index (κ3) is 1.84. The Morgan fingerprint density at radius 2 is 2.19 bits per heavy atom. The van der Waals surface area contributed by atoms with E-state index < -0.39 is 11.5 Å². The highest BCUT2D eigenvalue weighted by Crippen LogP contribution is 2.36. The van der Waals surface area contributed by atoms with Crippen LogP contribution < -0.4 is 5.32 Å². The molecule has 2 bridgehead atoms. The molecule has 3 saturated heterocycles. The van der Waals surface area contributed by atoms with Crippen LogP contribution in [0.1, 0.15) is 33.1 Å². The van der Waals surface area contributed by atoms with Crippen molar-refractivity contribution in [2.24, 2.45) is 5.92 Å². The second-order valence-corrected chi connectivity index (χ2v) is 5.28. The summed E-state index contributed by atoms with van der Waals surface area (Å²) >= 11 is 0. The second-order valence-electron chi connectivity index (χ2n) is 5.28. The summed E-state index contributed by atoms with van der Waals surface area (Å²) in [7, 11) is 0. The fraction of sp³-hybridized carbons (Fsp3) is 0.917. The van der Waals surface area contributed by atoms with E-state index in [9.17, 15) is 9.90 Å². The fourth-order valence-electron chi connectivity index (χ4n) is 3.07. The molecule has 2 N–H and O–H groups in total. The molecule has 0 saturated carbocycles. The monoisotopic (exact) mass is 226 g/mol. The van der Waals surface area contributed by atoms with Crippen LogP contribution in [-0.2, 0) is 4.79 Å². The summed E-state index contributed by atoms with van der Waals surface area (Å²) in [5.41, 5.74) is -0.689. The molecule has 3 aliphatic heterocycles. The highest BCUT2D eigenvalue weighted by molar-refractivity contribution is 5.80. The van der Waals surface area contributed by atoms with Gasteiger partial charge < -0.3 is 10.0 Å². The lowest BCUT2D eigenvalue weighted by molar-refractivity contribution is -0.155. The minimum absolute atomic E-state index is 0.275. The summed E-state index contributed by atoms with van der Waals surface area (Å²) in [6.45, 7) is 6.98. The predicted molar refractivity (Wildman–Crippen MR) is 62.4 cm³/mol. The smallest absolute Gasteiger partial charge is 0.325 e. The predicted octanol–water partition coefficient (Wildman–Crippen LogP) is 0.923. The number of nitrogens with one attached hydrogen (secondary N) is 1. The Morgan fingerprint density at radius 3 is 2.56 bits per heavy atom. The third-order valence-electron chi connectivity index (χ3n) is 4.26. The molecule has 3 rings (SSSR count). The standard InChI is InChI=1S/C12H22N2O2/c1-3-9(2)13-12(11(15)16)8-14-6-4-10(12)5-7-14/h9-10,13H,3-8H2,1-2H3,(H,15,16). The maximum Gasteiger partial charge on any atom is 0.325 e. The van der Waals surface area contributed by atoms with Crippen LogP contribution in [0.5, 0.6) is 0 Å². The molecular formula is C12H22N2O2. The highest BCUT2D eigenvalue weighted by Gasteiger charge is 2.52. The molecule has 2 unspecified atom stereocenters. The lowest BCUT2D eigenvalue weighted by Gasteiger charge is -2.52. The number of piperidine rings is 3. The first-order valence-corrected chi connectivity index (χ1v) is 6.32. The van der Waals surface area contributed by atoms with E-state index in [0.717, 1.165) is 32.4 Å². The number of fused-ring (bicyclic) bond motifs is 3. The molecule has 0 radical (unpaired) electrons. The second kappa shape index (κ2) is 4.34. The van der Waals surface area contributed by atoms with Crippen molar-refractivity contribution in [3.8, 4) is 0 Å². The van der Waals surface area contributed by atoms with E-state index in [4.69, 9.17) is 0 Å². The van der Waals surface area contributed by atoms with Gasteiger partial charge >= 0.3 is 5.97 Å². The number of nitrogens with zero attached hydrogens (tertiary/aromatic N) is 1. The summed E-state index contributed by atoms with van der Waals surface area (Å²) in [6, 6.07) is 0.275. The minimum atomic E-state index is -0.689. The van der Waals surface area contributed by atoms with Crippen LogP contribution in [0.3, 0.4) is 0 Å². The number of carboxylic acid groups (broad SMARTS) is 1. The van der Waals surface area contributed by atoms with Gasteiger partial charge in [0.05, 0.1) is 0 Å². The molecule has 2 atom stereocenters. The Balaban J connectivity index is 2.19. The summed E-state index contributed by atoms with van der Waals surface area (Å²) < 4.78 is 0. The zero-order valence-corrected chi connectivity index (χ0v) is 10.2. The van der Waals surface area contributed by atoms with Gasteiger partial charge in [0.15, 0.2) is 0 Å². The van der Waals surface area contributed by atoms with Gasteiger partial charge in [0, 0.05) is 12.6 Å². The van der Waals surface area contributed by atoms with Gasteiger partial charge in [-0.1, -0.05) is 6.92 Å². The quantitative estimate of drug-likeness (QED) is 0.748. The fourth-order valence-corrected chi connectivity index (χ4v) is 3.07. The Labute approximate surface area is 97.0 Å². The van der Waals surface area contributed by atoms with Crippen molar-refractivity contribution >= 4 is 5.97 Å². The lowest BCUT2D eigenvalue weighted by Crippen LogP contribution is -2.71. The molecule has 4 nitrogen and oxygen atoms in total. The molecular weight excluding hydrogens is 204 g/mol. The summed E-state index contributed by atoms with van der Waals surface area (Å²) in [5.74, 6) is -0.355. The van der Waals surface area contributed by atoms with Crippen LogP contribution in [0, 0.1) is 5.92 Å². The molecule has 0 aromatic carbocycles. The van der Waals surface area contributed by atoms with Crippen LogP contribution in [-0.4, -0.2) is 47.2 Å². The number of hydrogen-bond acceptors (Lipinski definition) is 3. The zero-order valence-electron chi connectivity index (χ0n) is 10.2. The average molecular weight is 226 g/mol. The van der Waals surface area contributed by atoms with E-state index in [1.54, 1.807) is 0 Å². The minimum Gasteiger partial charge on any atom is -0.480 e. The molecule has 92 valence electrons. The molecule has 4 heteroatoms. The first-order valence-electron chi connectivity index (χ1n) is 6.32. The SMILES string of the molecule is CCC(C)NC1(C(=O)O)CN2CCC1CC2. The molecule has 3 fully saturated rings. The molecule has 16 heavy (non-hydrogen) atoms. The molecule has 0 amide bonds. The van der Waals surface area contributed by atoms with Crippen molar-refractivity contribution in [1.29, 1.82) is 0 Å². The lowest BCUT2D eigenvalue weighted by atomic mass is 9.72. The third-order valence-corrected chi connectivity index (χ3v) is 4.26. The molecule has 0 aliphatic carbocycles. The zero-order chi connectivity index (χ0) is 11.8. The highest BCUT2D eigenvalue weighted by atomic mass is 16.4. The van der Waals surface area contributed by atoms with Crippen molar-refractivity contribution in [3.05, 3.63) is 0 Å². The van der Waals surface area contributed by atoms with Gasteiger partial charge in [0.2, 0.25) is 0 Å². The Hall–Kier alpha value is -0.610. The van der Waals surface area contributed by atoms with Crippen LogP contribution >= 0.6 is 0 Å². The Bertz CT molecular complexity index is 274. The van der Waals surface area contributed by atoms with Gasteiger partial charge in [-0.05, 0) is 45.2 Å². The Morgan fingerprint density at radius 1 is 1.56 bits per heavy atom. The van der Waals surface area contributed by atoms with Crippen LogP contribution in [0.25, 0.3) is 0 Å². The van der Waals surface area contributed by atoms with E-state index in [1.807, 2.05) is 0 Å². The number of aliphatic carboxylic acids is 1. The van der Waals surface area contributed by atoms with Crippen LogP contribution in [0.15, 0.2) is 0 Å². The maximum atomic E-state index is 11.6. The largest absolute Gasteiger partial charge is 0.480 e. The van der Waals surface area contributed by atoms with Crippen molar-refractivity contribution < 1.29 is 9.90 Å². The van der Waals surface area contributed by atoms with E-state index >= 15 is 0 Å². The van der Waals surface area contributed by atoms with Crippen molar-refractivity contribution in [2.75, 3.05) is 19.6 Å². The van der Waals surface area contributed by atoms with Gasteiger partial charge in [0.25, 0.3) is 0 Å². The van der Waals surface area contributed by atoms with Crippen molar-refractivity contribution in [1.82, 2.24) is 10.2 Å². The maximum absolute atomic E-state index is 11.6. The number of carboxylic acids is 1. The topological polar surface area (TPSA) is 52.6 Å². The molecule has 0 aromatic rings. The van der Waals surface area contributed by atoms with Crippen molar-refractivity contribution in [3.63, 3.8) is 0 Å². The van der Waals surface area contributed by atoms with Gasteiger partial charge in [0.1, 0.15) is 5.54 Å². The van der Waals surface area contributed by atoms with Crippen LogP contribution in [0.4, 0.5) is 0 Å². The van der Waals surface area contributed by atoms with E-state index in [0.29, 0.717) is 12.5 Å². The first-order chi connectivity index (χ1) is 7.58. The van der Waals surface area contributed by atoms with Gasteiger partial charge in [-0.2, -0.15) is 0 Å². The first kappa shape index (κ1) is 11.9. The molecule has 0 aromatic heterocycles. The van der Waals surface area contributed by atoms with Gasteiger partial charge in [-0.3, -0.25) is 10.1 Å². The number of hydrogen-bond donors (Lipinski definition) is 2. The normalized spacial score (nSPS) is 39.6. The number of rotatable bonds is 4. The summed E-state index contributed by atoms with van der Waals surface area (Å²) in [4.78, 5) is 13.9. The van der Waals surface area contributed by atoms with Gasteiger partial charge in [-0.25, -0.2) is 0 Å². The molecule has 0 spiro atoms. The molecule has 3 heterocycles. The van der Waals surface area contributed by atoms with E-state index in [-0.39, 0.29) is 6.04 Å². The van der Waals surface area contributed by atoms with E-state index in [2.05, 4.69) is 24.1 Å². The summed E-state index contributed by atoms with van der Waals surface area (Å²) in [6.07, 6.45) is 3.02. The average Bonchev–Trinajstić information content (AvgIpc) is 2.30. The van der Waals surface area contributed by atoms with Gasteiger partial charge in [-0.15, -0.1) is 0 Å². The summed E-state index contributed by atoms with van der Waals surface area (Å²) in [5, 5.41) is 12.9. The van der Waals surface area contributed by atoms with Crippen molar-refractivity contribution in [2.45, 2.75) is 44.7 Å². The molecule has 3 aliphatic rings.